The summed E-state index contributed by atoms with van der Waals surface area (Å²) in [5.74, 6) is -2.34. The van der Waals surface area contributed by atoms with Crippen LogP contribution >= 0.6 is 0 Å². The lowest BCUT2D eigenvalue weighted by atomic mass is 10.1. The van der Waals surface area contributed by atoms with Crippen molar-refractivity contribution in [3.8, 4) is 0 Å². The van der Waals surface area contributed by atoms with Crippen molar-refractivity contribution >= 4 is 17.9 Å². The third-order valence-electron chi connectivity index (χ3n) is 9.63. The van der Waals surface area contributed by atoms with E-state index in [-0.39, 0.29) is 38.6 Å². The van der Waals surface area contributed by atoms with Gasteiger partial charge in [0.15, 0.2) is 12.4 Å². The van der Waals surface area contributed by atoms with Crippen molar-refractivity contribution in [3.05, 3.63) is 85.1 Å². The van der Waals surface area contributed by atoms with Crippen molar-refractivity contribution in [2.75, 3.05) is 47.5 Å². The minimum absolute atomic E-state index is 0.136. The second kappa shape index (κ2) is 43.1. The fraction of sp³-hybridized carbons (Fsp3) is 0.673. The van der Waals surface area contributed by atoms with Crippen molar-refractivity contribution in [1.82, 2.24) is 0 Å². The highest BCUT2D eigenvalue weighted by Crippen LogP contribution is 2.12. The van der Waals surface area contributed by atoms with Crippen LogP contribution in [0.3, 0.4) is 0 Å². The maximum atomic E-state index is 12.8. The largest absolute Gasteiger partial charge is 0.545 e. The number of unbranched alkanes of at least 4 members (excludes halogenated alkanes) is 13. The Bertz CT molecular complexity index is 1270. The van der Waals surface area contributed by atoms with Crippen LogP contribution in [0.4, 0.5) is 0 Å². The Balaban J connectivity index is 4.48. The summed E-state index contributed by atoms with van der Waals surface area (Å²) in [6.45, 7) is 4.54. The van der Waals surface area contributed by atoms with Crippen LogP contribution in [0.15, 0.2) is 85.1 Å². The maximum Gasteiger partial charge on any atom is 0.306 e. The molecule has 2 unspecified atom stereocenters. The summed E-state index contributed by atoms with van der Waals surface area (Å²) in [6, 6.07) is 0. The maximum absolute atomic E-state index is 12.8. The molecule has 0 bridgehead atoms. The van der Waals surface area contributed by atoms with Crippen LogP contribution in [0, 0.1) is 0 Å². The van der Waals surface area contributed by atoms with E-state index in [1.54, 1.807) is 0 Å². The van der Waals surface area contributed by atoms with Crippen LogP contribution in [0.1, 0.15) is 168 Å². The van der Waals surface area contributed by atoms with Gasteiger partial charge in [-0.15, -0.1) is 0 Å². The molecule has 0 spiro atoms. The third-order valence-corrected chi connectivity index (χ3v) is 9.63. The number of aliphatic carboxylic acids is 1. The van der Waals surface area contributed by atoms with Crippen molar-refractivity contribution < 1.29 is 42.9 Å². The van der Waals surface area contributed by atoms with Crippen molar-refractivity contribution in [2.24, 2.45) is 0 Å². The molecule has 0 heterocycles. The average molecular weight is 854 g/mol. The van der Waals surface area contributed by atoms with E-state index in [4.69, 9.17) is 18.9 Å². The number of nitrogens with zero attached hydrogens (tertiary/aromatic N) is 1. The number of rotatable bonds is 42. The minimum Gasteiger partial charge on any atom is -0.545 e. The number of quaternary nitrogens is 1. The van der Waals surface area contributed by atoms with E-state index in [0.29, 0.717) is 23.9 Å². The van der Waals surface area contributed by atoms with Gasteiger partial charge in [0.1, 0.15) is 13.2 Å². The zero-order valence-electron chi connectivity index (χ0n) is 39.2. The zero-order chi connectivity index (χ0) is 44.9. The summed E-state index contributed by atoms with van der Waals surface area (Å²) in [5.41, 5.74) is 0. The second-order valence-corrected chi connectivity index (χ2v) is 16.7. The first-order valence-corrected chi connectivity index (χ1v) is 23.7. The van der Waals surface area contributed by atoms with E-state index in [9.17, 15) is 19.5 Å². The molecule has 0 aromatic carbocycles. The second-order valence-electron chi connectivity index (χ2n) is 16.7. The molecule has 9 nitrogen and oxygen atoms in total. The van der Waals surface area contributed by atoms with E-state index in [2.05, 4.69) is 98.9 Å². The lowest BCUT2D eigenvalue weighted by Crippen LogP contribution is -2.44. The quantitative estimate of drug-likeness (QED) is 0.0196. The number of carbonyl (C=O) groups excluding carboxylic acids is 3. The predicted molar refractivity (Wildman–Crippen MR) is 251 cm³/mol. The number of hydrogen-bond acceptors (Lipinski definition) is 8. The molecule has 0 rings (SSSR count). The summed E-state index contributed by atoms with van der Waals surface area (Å²) in [4.78, 5) is 37.0. The smallest absolute Gasteiger partial charge is 0.306 e. The molecular formula is C52H87NO8. The number of carboxylic acids is 1. The highest BCUT2D eigenvalue weighted by atomic mass is 16.7. The number of allylic oxidation sites excluding steroid dienone is 14. The topological polar surface area (TPSA) is 111 Å². The standard InChI is InChI=1S/C52H87NO8/c1-6-8-10-12-14-16-18-20-22-23-24-25-26-27-29-31-33-35-37-39-41-43-50(55)61-48(47-60-52(51(56)57)58-45-44-53(3,4)5)46-59-49(54)42-40-38-36-34-32-30-28-21-19-17-15-13-11-9-7-2/h8,10,14-17,20-22,24-25,27-29,48,52H,6-7,9,11-13,18-19,23,26,30-47H2,1-5H3/b10-8-,16-14-,17-15-,22-20-,25-24-,28-21-,29-27-. The Kier molecular flexibility index (Phi) is 40.6. The van der Waals surface area contributed by atoms with E-state index < -0.39 is 24.3 Å². The molecule has 2 atom stereocenters. The highest BCUT2D eigenvalue weighted by molar-refractivity contribution is 5.70. The van der Waals surface area contributed by atoms with Gasteiger partial charge in [-0.05, 0) is 89.9 Å². The molecule has 0 saturated carbocycles. The summed E-state index contributed by atoms with van der Waals surface area (Å²) in [7, 11) is 5.89. The molecule has 0 aliphatic carbocycles. The normalized spacial score (nSPS) is 13.7. The van der Waals surface area contributed by atoms with Gasteiger partial charge in [0.2, 0.25) is 0 Å². The van der Waals surface area contributed by atoms with Gasteiger partial charge < -0.3 is 33.3 Å². The average Bonchev–Trinajstić information content (AvgIpc) is 3.22. The molecule has 0 aliphatic heterocycles. The Labute approximate surface area is 372 Å². The number of likely N-dealkylation sites (N-methyl/N-ethyl adjacent to an activating group) is 1. The van der Waals surface area contributed by atoms with E-state index in [0.717, 1.165) is 103 Å². The van der Waals surface area contributed by atoms with Crippen LogP contribution in [-0.4, -0.2) is 82.3 Å². The van der Waals surface area contributed by atoms with Gasteiger partial charge in [-0.25, -0.2) is 0 Å². The van der Waals surface area contributed by atoms with E-state index in [1.165, 1.54) is 25.7 Å². The SMILES string of the molecule is CC/C=C\C/C=C\C/C=C\C/C=C\C/C=C\CCCCCCCC(=O)OC(COC(=O)CCCCCCC/C=C\C/C=C\CCCCC)COC(OCC[N+](C)(C)C)C(=O)[O-]. The van der Waals surface area contributed by atoms with Crippen LogP contribution in [0.5, 0.6) is 0 Å². The van der Waals surface area contributed by atoms with Crippen molar-refractivity contribution in [2.45, 2.75) is 180 Å². The number of esters is 2. The summed E-state index contributed by atoms with van der Waals surface area (Å²) < 4.78 is 22.5. The Morgan fingerprint density at radius 1 is 0.508 bits per heavy atom. The van der Waals surface area contributed by atoms with Gasteiger partial charge in [-0.2, -0.15) is 0 Å². The van der Waals surface area contributed by atoms with Crippen LogP contribution in [0.2, 0.25) is 0 Å². The lowest BCUT2D eigenvalue weighted by Gasteiger charge is -2.26. The molecule has 0 aromatic heterocycles. The molecular weight excluding hydrogens is 767 g/mol. The first-order valence-electron chi connectivity index (χ1n) is 23.7. The molecule has 0 radical (unpaired) electrons. The van der Waals surface area contributed by atoms with Crippen LogP contribution < -0.4 is 5.11 Å². The predicted octanol–water partition coefficient (Wildman–Crippen LogP) is 11.6. The Morgan fingerprint density at radius 3 is 1.39 bits per heavy atom. The zero-order valence-corrected chi connectivity index (χ0v) is 39.2. The third kappa shape index (κ3) is 44.3. The Morgan fingerprint density at radius 2 is 0.934 bits per heavy atom. The van der Waals surface area contributed by atoms with Gasteiger partial charge in [0, 0.05) is 12.8 Å². The first-order chi connectivity index (χ1) is 29.6. The van der Waals surface area contributed by atoms with Gasteiger partial charge >= 0.3 is 11.9 Å². The summed E-state index contributed by atoms with van der Waals surface area (Å²) in [6.07, 6.45) is 51.8. The number of hydrogen-bond donors (Lipinski definition) is 0. The first kappa shape index (κ1) is 57.5. The molecule has 9 heteroatoms. The minimum atomic E-state index is -1.63. The van der Waals surface area contributed by atoms with Gasteiger partial charge in [0.05, 0.1) is 40.3 Å². The fourth-order valence-electron chi connectivity index (χ4n) is 5.94. The van der Waals surface area contributed by atoms with Crippen LogP contribution in [-0.2, 0) is 33.3 Å². The summed E-state index contributed by atoms with van der Waals surface area (Å²) >= 11 is 0. The molecule has 0 aliphatic rings. The van der Waals surface area contributed by atoms with Crippen molar-refractivity contribution in [1.29, 1.82) is 0 Å². The van der Waals surface area contributed by atoms with Crippen molar-refractivity contribution in [3.63, 3.8) is 0 Å². The molecule has 0 N–H and O–H groups in total. The summed E-state index contributed by atoms with van der Waals surface area (Å²) in [5, 5.41) is 11.7. The highest BCUT2D eigenvalue weighted by Gasteiger charge is 2.21. The molecule has 0 aromatic rings. The molecule has 0 amide bonds. The van der Waals surface area contributed by atoms with E-state index in [1.807, 2.05) is 21.1 Å². The Hall–Kier alpha value is -3.53. The van der Waals surface area contributed by atoms with E-state index >= 15 is 0 Å². The van der Waals surface area contributed by atoms with Crippen LogP contribution in [0.25, 0.3) is 0 Å². The number of ether oxygens (including phenoxy) is 4. The molecule has 0 fully saturated rings. The van der Waals surface area contributed by atoms with Gasteiger partial charge in [-0.3, -0.25) is 9.59 Å². The number of carboxylic acid groups (broad SMARTS) is 1. The van der Waals surface area contributed by atoms with Gasteiger partial charge in [0.25, 0.3) is 0 Å². The molecule has 0 saturated heterocycles. The molecule has 61 heavy (non-hydrogen) atoms. The lowest BCUT2D eigenvalue weighted by molar-refractivity contribution is -0.870. The monoisotopic (exact) mass is 854 g/mol. The fourth-order valence-corrected chi connectivity index (χ4v) is 5.94. The number of carbonyl (C=O) groups is 3. The van der Waals surface area contributed by atoms with Gasteiger partial charge in [-0.1, -0.05) is 150 Å². The molecule has 348 valence electrons.